The fourth-order valence-corrected chi connectivity index (χ4v) is 2.48. The van der Waals surface area contributed by atoms with Crippen molar-refractivity contribution in [1.29, 1.82) is 0 Å². The van der Waals surface area contributed by atoms with Crippen LogP contribution in [0.5, 0.6) is 11.5 Å². The smallest absolute Gasteiger partial charge is 0.185 e. The molecule has 2 rings (SSSR count). The Hall–Kier alpha value is -2.75. The number of methoxy groups -OCH3 is 1. The fourth-order valence-electron chi connectivity index (χ4n) is 2.48. The van der Waals surface area contributed by atoms with Crippen LogP contribution >= 0.6 is 0 Å². The van der Waals surface area contributed by atoms with E-state index in [9.17, 15) is 9.90 Å². The van der Waals surface area contributed by atoms with Gasteiger partial charge in [0.05, 0.1) is 7.11 Å². The van der Waals surface area contributed by atoms with Gasteiger partial charge in [-0.2, -0.15) is 0 Å². The van der Waals surface area contributed by atoms with Crippen LogP contribution in [0.2, 0.25) is 0 Å². The lowest BCUT2D eigenvalue weighted by Gasteiger charge is -2.21. The van der Waals surface area contributed by atoms with Crippen molar-refractivity contribution in [3.63, 3.8) is 0 Å². The van der Waals surface area contributed by atoms with Gasteiger partial charge in [-0.25, -0.2) is 0 Å². The molecule has 0 amide bonds. The lowest BCUT2D eigenvalue weighted by molar-refractivity contribution is 0.104. The number of nitrogens with zero attached hydrogens (tertiary/aromatic N) is 1. The molecule has 0 spiro atoms. The van der Waals surface area contributed by atoms with E-state index >= 15 is 0 Å². The van der Waals surface area contributed by atoms with Gasteiger partial charge in [0.2, 0.25) is 0 Å². The summed E-state index contributed by atoms with van der Waals surface area (Å²) in [5.41, 5.74) is 2.16. The van der Waals surface area contributed by atoms with E-state index in [2.05, 4.69) is 18.7 Å². The molecule has 24 heavy (non-hydrogen) atoms. The van der Waals surface area contributed by atoms with Crippen LogP contribution in [-0.2, 0) is 0 Å². The standard InChI is InChI=1S/C20H23NO3/c1-4-21(5-2)17-10-6-16(20(23)14-17)9-13-19(22)15-7-11-18(24-3)12-8-15/h6-14,23H,4-5H2,1-3H3/b13-9-. The first kappa shape index (κ1) is 17.6. The molecule has 0 atom stereocenters. The number of ether oxygens (including phenoxy) is 1. The summed E-state index contributed by atoms with van der Waals surface area (Å²) >= 11 is 0. The molecule has 0 radical (unpaired) electrons. The minimum atomic E-state index is -0.120. The van der Waals surface area contributed by atoms with E-state index in [1.807, 2.05) is 12.1 Å². The minimum absolute atomic E-state index is 0.120. The molecule has 0 saturated carbocycles. The van der Waals surface area contributed by atoms with E-state index in [0.717, 1.165) is 18.8 Å². The number of phenols is 1. The topological polar surface area (TPSA) is 49.8 Å². The van der Waals surface area contributed by atoms with Crippen LogP contribution in [-0.4, -0.2) is 31.1 Å². The molecule has 0 aromatic heterocycles. The van der Waals surface area contributed by atoms with Crippen LogP contribution in [0.4, 0.5) is 5.69 Å². The predicted molar refractivity (Wildman–Crippen MR) is 98.0 cm³/mol. The van der Waals surface area contributed by atoms with Gasteiger partial charge >= 0.3 is 0 Å². The van der Waals surface area contributed by atoms with Crippen molar-refractivity contribution in [2.45, 2.75) is 13.8 Å². The molecule has 0 heterocycles. The number of aromatic hydroxyl groups is 1. The van der Waals surface area contributed by atoms with E-state index in [4.69, 9.17) is 4.74 Å². The first-order valence-electron chi connectivity index (χ1n) is 8.03. The normalized spacial score (nSPS) is 10.8. The zero-order valence-corrected chi connectivity index (χ0v) is 14.3. The van der Waals surface area contributed by atoms with Gasteiger partial charge < -0.3 is 14.7 Å². The largest absolute Gasteiger partial charge is 0.507 e. The Balaban J connectivity index is 2.14. The van der Waals surface area contributed by atoms with Crippen molar-refractivity contribution in [3.8, 4) is 11.5 Å². The number of benzene rings is 2. The molecule has 0 bridgehead atoms. The lowest BCUT2D eigenvalue weighted by Crippen LogP contribution is -2.21. The molecule has 0 aliphatic heterocycles. The summed E-state index contributed by atoms with van der Waals surface area (Å²) < 4.78 is 5.08. The maximum atomic E-state index is 12.2. The Kier molecular flexibility index (Phi) is 6.01. The van der Waals surface area contributed by atoms with Crippen LogP contribution in [0.15, 0.2) is 48.5 Å². The van der Waals surface area contributed by atoms with Gasteiger partial charge in [0.1, 0.15) is 11.5 Å². The van der Waals surface area contributed by atoms with Crippen molar-refractivity contribution in [2.75, 3.05) is 25.1 Å². The molecule has 2 aromatic carbocycles. The highest BCUT2D eigenvalue weighted by Crippen LogP contribution is 2.26. The number of allylic oxidation sites excluding steroid dienone is 1. The predicted octanol–water partition coefficient (Wildman–Crippen LogP) is 4.14. The number of carbonyl (C=O) groups excluding carboxylic acids is 1. The van der Waals surface area contributed by atoms with E-state index in [-0.39, 0.29) is 11.5 Å². The van der Waals surface area contributed by atoms with E-state index in [1.54, 1.807) is 43.5 Å². The number of carbonyl (C=O) groups is 1. The average molecular weight is 325 g/mol. The molecule has 4 heteroatoms. The molecule has 0 fully saturated rings. The zero-order valence-electron chi connectivity index (χ0n) is 14.3. The lowest BCUT2D eigenvalue weighted by atomic mass is 10.1. The molecular weight excluding hydrogens is 302 g/mol. The third-order valence-corrected chi connectivity index (χ3v) is 3.93. The Morgan fingerprint density at radius 1 is 1.12 bits per heavy atom. The Morgan fingerprint density at radius 2 is 1.79 bits per heavy atom. The third-order valence-electron chi connectivity index (χ3n) is 3.93. The van der Waals surface area contributed by atoms with Gasteiger partial charge in [-0.05, 0) is 62.4 Å². The number of hydrogen-bond acceptors (Lipinski definition) is 4. The molecule has 0 aliphatic rings. The second kappa shape index (κ2) is 8.20. The highest BCUT2D eigenvalue weighted by atomic mass is 16.5. The molecule has 0 unspecified atom stereocenters. The van der Waals surface area contributed by atoms with E-state index in [1.165, 1.54) is 6.08 Å². The van der Waals surface area contributed by atoms with Gasteiger partial charge in [0.15, 0.2) is 5.78 Å². The van der Waals surface area contributed by atoms with Gasteiger partial charge in [-0.3, -0.25) is 4.79 Å². The SMILES string of the molecule is CCN(CC)c1ccc(/C=C\C(=O)c2ccc(OC)cc2)c(O)c1. The second-order valence-corrected chi connectivity index (χ2v) is 5.34. The highest BCUT2D eigenvalue weighted by Gasteiger charge is 2.06. The summed E-state index contributed by atoms with van der Waals surface area (Å²) in [4.78, 5) is 14.3. The molecule has 4 nitrogen and oxygen atoms in total. The maximum Gasteiger partial charge on any atom is 0.185 e. The van der Waals surface area contributed by atoms with Gasteiger partial charge in [-0.1, -0.05) is 0 Å². The zero-order chi connectivity index (χ0) is 17.5. The monoisotopic (exact) mass is 325 g/mol. The number of anilines is 1. The summed E-state index contributed by atoms with van der Waals surface area (Å²) in [6, 6.07) is 12.4. The van der Waals surface area contributed by atoms with Crippen LogP contribution in [0.1, 0.15) is 29.8 Å². The number of rotatable bonds is 7. The summed E-state index contributed by atoms with van der Waals surface area (Å²) in [5, 5.41) is 10.2. The molecule has 1 N–H and O–H groups in total. The maximum absolute atomic E-state index is 12.2. The van der Waals surface area contributed by atoms with E-state index in [0.29, 0.717) is 16.9 Å². The molecular formula is C20H23NO3. The Morgan fingerprint density at radius 3 is 2.33 bits per heavy atom. The van der Waals surface area contributed by atoms with Crippen molar-refractivity contribution in [1.82, 2.24) is 0 Å². The molecule has 0 aliphatic carbocycles. The van der Waals surface area contributed by atoms with Crippen LogP contribution < -0.4 is 9.64 Å². The Bertz CT molecular complexity index is 716. The number of phenolic OH excluding ortho intramolecular Hbond substituents is 1. The van der Waals surface area contributed by atoms with E-state index < -0.39 is 0 Å². The van der Waals surface area contributed by atoms with Gasteiger partial charge in [0.25, 0.3) is 0 Å². The average Bonchev–Trinajstić information content (AvgIpc) is 2.62. The summed E-state index contributed by atoms with van der Waals surface area (Å²) in [6.45, 7) is 5.89. The van der Waals surface area contributed by atoms with Crippen LogP contribution in [0.3, 0.4) is 0 Å². The van der Waals surface area contributed by atoms with Gasteiger partial charge in [-0.15, -0.1) is 0 Å². The van der Waals surface area contributed by atoms with Crippen LogP contribution in [0, 0.1) is 0 Å². The second-order valence-electron chi connectivity index (χ2n) is 5.34. The summed E-state index contributed by atoms with van der Waals surface area (Å²) in [7, 11) is 1.58. The van der Waals surface area contributed by atoms with Crippen molar-refractivity contribution < 1.29 is 14.6 Å². The molecule has 0 saturated heterocycles. The Labute approximate surface area is 143 Å². The van der Waals surface area contributed by atoms with Crippen LogP contribution in [0.25, 0.3) is 6.08 Å². The minimum Gasteiger partial charge on any atom is -0.507 e. The quantitative estimate of drug-likeness (QED) is 0.614. The van der Waals surface area contributed by atoms with Crippen molar-refractivity contribution in [2.24, 2.45) is 0 Å². The van der Waals surface area contributed by atoms with Gasteiger partial charge in [0, 0.05) is 36.0 Å². The first-order valence-corrected chi connectivity index (χ1v) is 8.03. The molecule has 126 valence electrons. The summed E-state index contributed by atoms with van der Waals surface area (Å²) in [6.07, 6.45) is 3.10. The summed E-state index contributed by atoms with van der Waals surface area (Å²) in [5.74, 6) is 0.753. The highest BCUT2D eigenvalue weighted by molar-refractivity contribution is 6.07. The van der Waals surface area contributed by atoms with Crippen molar-refractivity contribution in [3.05, 3.63) is 59.7 Å². The third kappa shape index (κ3) is 4.16. The fraction of sp³-hybridized carbons (Fsp3) is 0.250. The number of hydrogen-bond donors (Lipinski definition) is 1. The number of ketones is 1. The first-order chi connectivity index (χ1) is 11.6. The van der Waals surface area contributed by atoms with Crippen molar-refractivity contribution >= 4 is 17.5 Å². The molecule has 2 aromatic rings.